The largest absolute Gasteiger partial charge is 0.450 e. The van der Waals surface area contributed by atoms with Crippen molar-refractivity contribution in [3.8, 4) is 0 Å². The number of carbonyl (C=O) groups is 2. The molecule has 7 rings (SSSR count). The van der Waals surface area contributed by atoms with Crippen LogP contribution in [-0.4, -0.2) is 17.0 Å². The Bertz CT molecular complexity index is 1870. The summed E-state index contributed by atoms with van der Waals surface area (Å²) in [6, 6.07) is 23.4. The van der Waals surface area contributed by atoms with E-state index in [1.54, 1.807) is 54.3 Å². The van der Waals surface area contributed by atoms with Gasteiger partial charge in [-0.1, -0.05) is 59.8 Å². The van der Waals surface area contributed by atoms with Gasteiger partial charge < -0.3 is 13.8 Å². The molecule has 0 fully saturated rings. The summed E-state index contributed by atoms with van der Waals surface area (Å²) in [5, 5.41) is 4.39. The summed E-state index contributed by atoms with van der Waals surface area (Å²) in [6.07, 6.45) is 0. The second-order valence-corrected chi connectivity index (χ2v) is 9.61. The molecule has 0 bridgehead atoms. The second-order valence-electron chi connectivity index (χ2n) is 9.61. The Kier molecular flexibility index (Phi) is 4.54. The fraction of sp³-hybridized carbons (Fsp3) is 0.133. The van der Waals surface area contributed by atoms with Crippen LogP contribution >= 0.6 is 0 Å². The summed E-state index contributed by atoms with van der Waals surface area (Å²) in [5.74, 6) is -0.647. The van der Waals surface area contributed by atoms with Crippen molar-refractivity contribution in [3.63, 3.8) is 0 Å². The number of nitrogens with zero attached hydrogens (tertiary/aromatic N) is 3. The molecule has 8 nitrogen and oxygen atoms in total. The number of aryl methyl sites for hydroxylation is 2. The van der Waals surface area contributed by atoms with E-state index in [0.717, 1.165) is 11.1 Å². The van der Waals surface area contributed by atoms with Crippen LogP contribution in [0.4, 0.5) is 11.5 Å². The van der Waals surface area contributed by atoms with E-state index >= 15 is 0 Å². The van der Waals surface area contributed by atoms with Gasteiger partial charge in [0.05, 0.1) is 23.2 Å². The van der Waals surface area contributed by atoms with Crippen LogP contribution in [0, 0.1) is 13.8 Å². The Morgan fingerprint density at radius 2 is 1.63 bits per heavy atom. The molecular formula is C30H21N3O5. The predicted molar refractivity (Wildman–Crippen MR) is 140 cm³/mol. The highest BCUT2D eigenvalue weighted by molar-refractivity contribution is 6.24. The van der Waals surface area contributed by atoms with Gasteiger partial charge in [0.1, 0.15) is 11.3 Å². The molecule has 4 heterocycles. The van der Waals surface area contributed by atoms with Crippen LogP contribution in [0.2, 0.25) is 0 Å². The summed E-state index contributed by atoms with van der Waals surface area (Å²) in [7, 11) is 0. The van der Waals surface area contributed by atoms with Crippen LogP contribution in [-0.2, 0) is 16.9 Å². The standard InChI is InChI=1S/C30H21N3O5/c1-17-9-3-4-10-19(17)16-32-22-13-7-6-12-21(22)30(29(32)36)25-26(34)20-11-5-8-14-23(20)37-27(25)28(35)33(30)24-15-18(2)38-31-24/h3-15H,16H2,1-2H3. The molecule has 2 amide bonds. The van der Waals surface area contributed by atoms with Crippen molar-refractivity contribution in [2.24, 2.45) is 0 Å². The molecule has 2 aromatic heterocycles. The predicted octanol–water partition coefficient (Wildman–Crippen LogP) is 4.85. The maximum atomic E-state index is 14.8. The minimum atomic E-state index is -1.81. The van der Waals surface area contributed by atoms with Crippen molar-refractivity contribution in [1.82, 2.24) is 5.16 Å². The SMILES string of the molecule is Cc1cc(N2C(=O)c3oc4ccccc4c(=O)c3C23C(=O)N(Cc2ccccc2C)c2ccccc23)no1. The zero-order valence-corrected chi connectivity index (χ0v) is 20.6. The second kappa shape index (κ2) is 7.76. The Balaban J connectivity index is 1.57. The average Bonchev–Trinajstić information content (AvgIpc) is 3.54. The summed E-state index contributed by atoms with van der Waals surface area (Å²) < 4.78 is 11.4. The fourth-order valence-electron chi connectivity index (χ4n) is 5.73. The van der Waals surface area contributed by atoms with Crippen LogP contribution in [0.1, 0.15) is 38.6 Å². The van der Waals surface area contributed by atoms with Gasteiger partial charge in [-0.3, -0.25) is 19.3 Å². The first kappa shape index (κ1) is 22.2. The number of rotatable bonds is 3. The van der Waals surface area contributed by atoms with E-state index in [2.05, 4.69) is 5.16 Å². The highest BCUT2D eigenvalue weighted by Crippen LogP contribution is 2.54. The Morgan fingerprint density at radius 3 is 2.42 bits per heavy atom. The third kappa shape index (κ3) is 2.74. The lowest BCUT2D eigenvalue weighted by molar-refractivity contribution is -0.121. The first-order chi connectivity index (χ1) is 18.4. The maximum absolute atomic E-state index is 14.8. The molecular weight excluding hydrogens is 482 g/mol. The first-order valence-electron chi connectivity index (χ1n) is 12.2. The number of para-hydroxylation sites is 2. The van der Waals surface area contributed by atoms with Crippen LogP contribution < -0.4 is 15.2 Å². The van der Waals surface area contributed by atoms with E-state index in [0.29, 0.717) is 22.4 Å². The van der Waals surface area contributed by atoms with Crippen LogP contribution in [0.5, 0.6) is 0 Å². The van der Waals surface area contributed by atoms with Gasteiger partial charge in [0.2, 0.25) is 5.76 Å². The van der Waals surface area contributed by atoms with E-state index in [1.165, 1.54) is 4.90 Å². The topological polar surface area (TPSA) is 96.9 Å². The lowest BCUT2D eigenvalue weighted by Gasteiger charge is -2.32. The molecule has 38 heavy (non-hydrogen) atoms. The Labute approximate surface area is 216 Å². The molecule has 0 N–H and O–H groups in total. The van der Waals surface area contributed by atoms with Crippen molar-refractivity contribution < 1.29 is 18.5 Å². The maximum Gasteiger partial charge on any atom is 0.297 e. The van der Waals surface area contributed by atoms with Crippen molar-refractivity contribution >= 4 is 34.3 Å². The summed E-state index contributed by atoms with van der Waals surface area (Å²) in [4.78, 5) is 45.9. The van der Waals surface area contributed by atoms with E-state index in [9.17, 15) is 14.4 Å². The molecule has 1 spiro atoms. The normalized spacial score (nSPS) is 18.1. The lowest BCUT2D eigenvalue weighted by Crippen LogP contribution is -2.53. The number of amides is 2. The summed E-state index contributed by atoms with van der Waals surface area (Å²) in [6.45, 7) is 3.94. The molecule has 1 unspecified atom stereocenters. The molecule has 5 aromatic rings. The van der Waals surface area contributed by atoms with Crippen LogP contribution in [0.3, 0.4) is 0 Å². The molecule has 1 atom stereocenters. The molecule has 186 valence electrons. The number of aromatic nitrogens is 1. The molecule has 0 saturated carbocycles. The van der Waals surface area contributed by atoms with E-state index in [-0.39, 0.29) is 29.3 Å². The van der Waals surface area contributed by atoms with Crippen molar-refractivity contribution in [2.75, 3.05) is 9.80 Å². The number of carbonyl (C=O) groups excluding carboxylic acids is 2. The highest BCUT2D eigenvalue weighted by Gasteiger charge is 2.66. The Morgan fingerprint density at radius 1 is 0.895 bits per heavy atom. The van der Waals surface area contributed by atoms with Crippen molar-refractivity contribution in [1.29, 1.82) is 0 Å². The summed E-state index contributed by atoms with van der Waals surface area (Å²) >= 11 is 0. The summed E-state index contributed by atoms with van der Waals surface area (Å²) in [5.41, 5.74) is 1.12. The number of hydrogen-bond donors (Lipinski definition) is 0. The molecule has 8 heteroatoms. The van der Waals surface area contributed by atoms with E-state index in [4.69, 9.17) is 8.94 Å². The van der Waals surface area contributed by atoms with Gasteiger partial charge in [0, 0.05) is 11.6 Å². The van der Waals surface area contributed by atoms with E-state index in [1.807, 2.05) is 43.3 Å². The minimum Gasteiger partial charge on any atom is -0.450 e. The molecule has 3 aromatic carbocycles. The number of hydrogen-bond acceptors (Lipinski definition) is 6. The number of fused-ring (bicyclic) bond motifs is 5. The third-order valence-electron chi connectivity index (χ3n) is 7.47. The number of benzene rings is 3. The van der Waals surface area contributed by atoms with Crippen LogP contribution in [0.15, 0.2) is 92.6 Å². The van der Waals surface area contributed by atoms with Gasteiger partial charge in [-0.25, -0.2) is 0 Å². The average molecular weight is 504 g/mol. The van der Waals surface area contributed by atoms with Gasteiger partial charge in [-0.15, -0.1) is 0 Å². The van der Waals surface area contributed by atoms with Gasteiger partial charge in [0.15, 0.2) is 16.8 Å². The molecule has 2 aliphatic heterocycles. The molecule has 0 saturated heterocycles. The smallest absolute Gasteiger partial charge is 0.297 e. The van der Waals surface area contributed by atoms with Crippen LogP contribution in [0.25, 0.3) is 11.0 Å². The van der Waals surface area contributed by atoms with Gasteiger partial charge in [-0.05, 0) is 43.2 Å². The molecule has 0 aliphatic carbocycles. The third-order valence-corrected chi connectivity index (χ3v) is 7.47. The van der Waals surface area contributed by atoms with E-state index < -0.39 is 22.8 Å². The lowest BCUT2D eigenvalue weighted by atomic mass is 9.84. The fourth-order valence-corrected chi connectivity index (χ4v) is 5.73. The zero-order chi connectivity index (χ0) is 26.2. The minimum absolute atomic E-state index is 0.00779. The van der Waals surface area contributed by atoms with Gasteiger partial charge in [0.25, 0.3) is 11.8 Å². The first-order valence-corrected chi connectivity index (χ1v) is 12.2. The van der Waals surface area contributed by atoms with Gasteiger partial charge >= 0.3 is 0 Å². The van der Waals surface area contributed by atoms with Gasteiger partial charge in [-0.2, -0.15) is 0 Å². The number of anilines is 2. The zero-order valence-electron chi connectivity index (χ0n) is 20.6. The molecule has 0 radical (unpaired) electrons. The quantitative estimate of drug-likeness (QED) is 0.349. The van der Waals surface area contributed by atoms with Crippen molar-refractivity contribution in [2.45, 2.75) is 25.9 Å². The Hall–Kier alpha value is -4.98. The van der Waals surface area contributed by atoms with Crippen molar-refractivity contribution in [3.05, 3.63) is 123 Å². The highest BCUT2D eigenvalue weighted by atomic mass is 16.5. The molecule has 2 aliphatic rings. The monoisotopic (exact) mass is 503 g/mol.